The predicted octanol–water partition coefficient (Wildman–Crippen LogP) is 5.49. The number of benzene rings is 3. The number of aryl methyl sites for hydroxylation is 4. The van der Waals surface area contributed by atoms with Crippen molar-refractivity contribution in [3.63, 3.8) is 0 Å². The van der Waals surface area contributed by atoms with E-state index < -0.39 is 0 Å². The minimum atomic E-state index is -0.0236. The van der Waals surface area contributed by atoms with Gasteiger partial charge in [0.2, 0.25) is 0 Å². The van der Waals surface area contributed by atoms with Crippen molar-refractivity contribution in [2.75, 3.05) is 20.3 Å². The third-order valence-electron chi connectivity index (χ3n) is 6.08. The van der Waals surface area contributed by atoms with Crippen LogP contribution in [0, 0.1) is 13.8 Å². The average molecular weight is 472 g/mol. The third kappa shape index (κ3) is 6.01. The van der Waals surface area contributed by atoms with Crippen LogP contribution in [0.3, 0.4) is 0 Å². The molecular weight excluding hydrogens is 438 g/mol. The van der Waals surface area contributed by atoms with E-state index in [-0.39, 0.29) is 5.91 Å². The van der Waals surface area contributed by atoms with Gasteiger partial charge >= 0.3 is 0 Å². The Morgan fingerprint density at radius 3 is 2.54 bits per heavy atom. The molecule has 1 amide bonds. The van der Waals surface area contributed by atoms with Gasteiger partial charge in [-0.1, -0.05) is 42.0 Å². The first-order valence-corrected chi connectivity index (χ1v) is 12.1. The van der Waals surface area contributed by atoms with Crippen molar-refractivity contribution in [2.45, 2.75) is 39.7 Å². The zero-order chi connectivity index (χ0) is 24.6. The monoisotopic (exact) mass is 471 g/mol. The maximum atomic E-state index is 12.6. The number of amides is 1. The lowest BCUT2D eigenvalue weighted by Gasteiger charge is -2.12. The van der Waals surface area contributed by atoms with E-state index in [9.17, 15) is 4.79 Å². The second-order valence-corrected chi connectivity index (χ2v) is 8.70. The number of nitrogens with one attached hydrogen (secondary N) is 1. The Balaban J connectivity index is 1.34. The summed E-state index contributed by atoms with van der Waals surface area (Å²) in [4.78, 5) is 17.4. The van der Waals surface area contributed by atoms with E-state index in [0.29, 0.717) is 13.2 Å². The number of ether oxygens (including phenoxy) is 2. The number of methoxy groups -OCH3 is 1. The Kier molecular flexibility index (Phi) is 8.03. The maximum Gasteiger partial charge on any atom is 0.251 e. The number of hydrogen-bond donors (Lipinski definition) is 1. The Morgan fingerprint density at radius 2 is 1.74 bits per heavy atom. The van der Waals surface area contributed by atoms with E-state index in [1.807, 2.05) is 74.5 Å². The zero-order valence-electron chi connectivity index (χ0n) is 20.7. The summed E-state index contributed by atoms with van der Waals surface area (Å²) in [7, 11) is 1.65. The van der Waals surface area contributed by atoms with Crippen LogP contribution < -0.4 is 14.8 Å². The van der Waals surface area contributed by atoms with Crippen molar-refractivity contribution >= 4 is 16.9 Å². The minimum Gasteiger partial charge on any atom is -0.493 e. The van der Waals surface area contributed by atoms with Crippen molar-refractivity contribution < 1.29 is 14.3 Å². The molecular formula is C29H33N3O3. The van der Waals surface area contributed by atoms with Crippen LogP contribution in [0.1, 0.15) is 40.2 Å². The smallest absolute Gasteiger partial charge is 0.251 e. The van der Waals surface area contributed by atoms with Gasteiger partial charge in [-0.3, -0.25) is 4.79 Å². The number of para-hydroxylation sites is 4. The molecule has 1 N–H and O–H groups in total. The number of fused-ring (bicyclic) bond motifs is 1. The van der Waals surface area contributed by atoms with E-state index in [2.05, 4.69) is 16.0 Å². The summed E-state index contributed by atoms with van der Waals surface area (Å²) in [5, 5.41) is 3.06. The van der Waals surface area contributed by atoms with Gasteiger partial charge in [0, 0.05) is 25.1 Å². The van der Waals surface area contributed by atoms with Gasteiger partial charge in [-0.25, -0.2) is 4.98 Å². The van der Waals surface area contributed by atoms with Gasteiger partial charge in [0.1, 0.15) is 5.82 Å². The van der Waals surface area contributed by atoms with E-state index in [1.54, 1.807) is 7.11 Å². The number of imidazole rings is 1. The van der Waals surface area contributed by atoms with Gasteiger partial charge < -0.3 is 19.4 Å². The number of aromatic nitrogens is 2. The van der Waals surface area contributed by atoms with Crippen molar-refractivity contribution in [1.82, 2.24) is 14.9 Å². The molecule has 0 bridgehead atoms. The highest BCUT2D eigenvalue weighted by atomic mass is 16.5. The molecule has 0 radical (unpaired) electrons. The normalized spacial score (nSPS) is 10.9. The van der Waals surface area contributed by atoms with Gasteiger partial charge in [0.25, 0.3) is 5.91 Å². The second-order valence-electron chi connectivity index (χ2n) is 8.70. The number of nitrogens with zero attached hydrogens (tertiary/aromatic N) is 2. The fourth-order valence-electron chi connectivity index (χ4n) is 4.32. The first-order chi connectivity index (χ1) is 17.1. The highest BCUT2D eigenvalue weighted by molar-refractivity contribution is 5.95. The summed E-state index contributed by atoms with van der Waals surface area (Å²) in [5.74, 6) is 2.50. The molecule has 6 nitrogen and oxygen atoms in total. The number of rotatable bonds is 11. The first kappa shape index (κ1) is 24.3. The largest absolute Gasteiger partial charge is 0.493 e. The summed E-state index contributed by atoms with van der Waals surface area (Å²) in [6.45, 7) is 6.00. The summed E-state index contributed by atoms with van der Waals surface area (Å²) in [5.41, 5.74) is 5.01. The summed E-state index contributed by atoms with van der Waals surface area (Å²) in [6, 6.07) is 21.8. The number of carbonyl (C=O) groups is 1. The van der Waals surface area contributed by atoms with Crippen LogP contribution >= 0.6 is 0 Å². The molecule has 0 unspecified atom stereocenters. The van der Waals surface area contributed by atoms with E-state index in [1.165, 1.54) is 0 Å². The standard InChI is InChI=1S/C29H33N3O3/c1-21-15-16-23(22(2)20-21)29(33)30-17-8-14-28-31-24-10-4-5-11-25(24)32(28)18-9-19-35-27-13-7-6-12-26(27)34-3/h4-7,10-13,15-16,20H,8-9,14,17-19H2,1-3H3,(H,30,33). The SMILES string of the molecule is COc1ccccc1OCCCn1c(CCCNC(=O)c2ccc(C)cc2C)nc2ccccc21. The molecule has 1 heterocycles. The summed E-state index contributed by atoms with van der Waals surface area (Å²) >= 11 is 0. The second kappa shape index (κ2) is 11.6. The Morgan fingerprint density at radius 1 is 0.971 bits per heavy atom. The van der Waals surface area contributed by atoms with Gasteiger partial charge in [-0.15, -0.1) is 0 Å². The molecule has 0 aliphatic heterocycles. The molecule has 3 aromatic carbocycles. The topological polar surface area (TPSA) is 65.4 Å². The highest BCUT2D eigenvalue weighted by Crippen LogP contribution is 2.26. The van der Waals surface area contributed by atoms with Crippen LogP contribution in [-0.2, 0) is 13.0 Å². The molecule has 0 fully saturated rings. The zero-order valence-corrected chi connectivity index (χ0v) is 20.7. The van der Waals surface area contributed by atoms with Gasteiger partial charge in [0.05, 0.1) is 24.8 Å². The maximum absolute atomic E-state index is 12.6. The van der Waals surface area contributed by atoms with Crippen molar-refractivity contribution in [1.29, 1.82) is 0 Å². The molecule has 0 aliphatic rings. The molecule has 35 heavy (non-hydrogen) atoms. The lowest BCUT2D eigenvalue weighted by atomic mass is 10.1. The van der Waals surface area contributed by atoms with Gasteiger partial charge in [-0.05, 0) is 62.6 Å². The minimum absolute atomic E-state index is 0.0236. The molecule has 0 saturated carbocycles. The molecule has 0 aliphatic carbocycles. The van der Waals surface area contributed by atoms with Crippen LogP contribution in [0.15, 0.2) is 66.7 Å². The van der Waals surface area contributed by atoms with Crippen LogP contribution in [0.2, 0.25) is 0 Å². The summed E-state index contributed by atoms with van der Waals surface area (Å²) < 4.78 is 13.6. The summed E-state index contributed by atoms with van der Waals surface area (Å²) in [6.07, 6.45) is 2.45. The molecule has 1 aromatic heterocycles. The lowest BCUT2D eigenvalue weighted by Crippen LogP contribution is -2.25. The molecule has 182 valence electrons. The fourth-order valence-corrected chi connectivity index (χ4v) is 4.32. The lowest BCUT2D eigenvalue weighted by molar-refractivity contribution is 0.0952. The van der Waals surface area contributed by atoms with Crippen LogP contribution in [0.5, 0.6) is 11.5 Å². The molecule has 0 saturated heterocycles. The average Bonchev–Trinajstić information content (AvgIpc) is 3.22. The number of hydrogen-bond acceptors (Lipinski definition) is 4. The molecule has 0 atom stereocenters. The highest BCUT2D eigenvalue weighted by Gasteiger charge is 2.12. The van der Waals surface area contributed by atoms with Crippen LogP contribution in [-0.4, -0.2) is 35.7 Å². The van der Waals surface area contributed by atoms with Crippen molar-refractivity contribution in [3.8, 4) is 11.5 Å². The van der Waals surface area contributed by atoms with E-state index in [0.717, 1.165) is 70.9 Å². The van der Waals surface area contributed by atoms with Gasteiger partial charge in [-0.2, -0.15) is 0 Å². The molecule has 0 spiro atoms. The Bertz CT molecular complexity index is 1300. The fraction of sp³-hybridized carbons (Fsp3) is 0.310. The number of carbonyl (C=O) groups excluding carboxylic acids is 1. The molecule has 4 aromatic rings. The van der Waals surface area contributed by atoms with Crippen molar-refractivity contribution in [2.24, 2.45) is 0 Å². The van der Waals surface area contributed by atoms with Crippen molar-refractivity contribution in [3.05, 3.63) is 89.2 Å². The van der Waals surface area contributed by atoms with Crippen LogP contribution in [0.4, 0.5) is 0 Å². The van der Waals surface area contributed by atoms with Gasteiger partial charge in [0.15, 0.2) is 11.5 Å². The van der Waals surface area contributed by atoms with Crippen LogP contribution in [0.25, 0.3) is 11.0 Å². The Hall–Kier alpha value is -3.80. The first-order valence-electron chi connectivity index (χ1n) is 12.1. The Labute approximate surface area is 206 Å². The van der Waals surface area contributed by atoms with E-state index >= 15 is 0 Å². The molecule has 4 rings (SSSR count). The third-order valence-corrected chi connectivity index (χ3v) is 6.08. The van der Waals surface area contributed by atoms with E-state index in [4.69, 9.17) is 14.5 Å². The molecule has 6 heteroatoms. The predicted molar refractivity (Wildman–Crippen MR) is 139 cm³/mol. The quantitative estimate of drug-likeness (QED) is 0.294.